The van der Waals surface area contributed by atoms with Crippen LogP contribution in [0, 0.1) is 11.8 Å². The van der Waals surface area contributed by atoms with Gasteiger partial charge in [0.15, 0.2) is 8.32 Å². The molecule has 0 aromatic heterocycles. The van der Waals surface area contributed by atoms with Crippen LogP contribution in [0.2, 0.25) is 18.1 Å². The van der Waals surface area contributed by atoms with Crippen LogP contribution in [0.25, 0.3) is 0 Å². The predicted octanol–water partition coefficient (Wildman–Crippen LogP) is 5.29. The number of rotatable bonds is 8. The number of hydrogen-bond acceptors (Lipinski definition) is 2. The second-order valence-electron chi connectivity index (χ2n) is 7.45. The molecule has 0 unspecified atom stereocenters. The Morgan fingerprint density at radius 1 is 1.18 bits per heavy atom. The smallest absolute Gasteiger partial charge is 0.193 e. The third-order valence-electron chi connectivity index (χ3n) is 4.34. The Morgan fingerprint density at radius 3 is 2.32 bits per heavy atom. The maximum atomic E-state index is 10.3. The summed E-state index contributed by atoms with van der Waals surface area (Å²) in [5, 5.41) is 10.5. The lowest BCUT2D eigenvalue weighted by molar-refractivity contribution is 0.0934. The highest BCUT2D eigenvalue weighted by Gasteiger charge is 2.39. The van der Waals surface area contributed by atoms with Crippen LogP contribution in [0.5, 0.6) is 0 Å². The van der Waals surface area contributed by atoms with Crippen molar-refractivity contribution in [1.82, 2.24) is 0 Å². The fraction of sp³-hybridized carbons (Fsp3) is 0.789. The summed E-state index contributed by atoms with van der Waals surface area (Å²) in [6.45, 7) is 15.2. The molecule has 0 bridgehead atoms. The van der Waals surface area contributed by atoms with Crippen molar-refractivity contribution in [1.29, 1.82) is 0 Å². The number of hydrogen-bond donors (Lipinski definition) is 1. The summed E-state index contributed by atoms with van der Waals surface area (Å²) in [5.74, 6) is 6.08. The van der Waals surface area contributed by atoms with Crippen LogP contribution in [0.1, 0.15) is 66.7 Å². The summed E-state index contributed by atoms with van der Waals surface area (Å²) in [6, 6.07) is 0. The first-order chi connectivity index (χ1) is 10.2. The van der Waals surface area contributed by atoms with Crippen LogP contribution >= 0.6 is 0 Å². The van der Waals surface area contributed by atoms with Crippen LogP contribution in [-0.2, 0) is 4.43 Å². The number of unbranched alkanes of at least 4 members (excludes halogenated alkanes) is 4. The maximum absolute atomic E-state index is 10.3. The topological polar surface area (TPSA) is 29.5 Å². The molecular weight excluding hydrogens is 288 g/mol. The predicted molar refractivity (Wildman–Crippen MR) is 99.4 cm³/mol. The van der Waals surface area contributed by atoms with Crippen LogP contribution in [0.15, 0.2) is 12.2 Å². The van der Waals surface area contributed by atoms with Gasteiger partial charge in [0.1, 0.15) is 12.2 Å². The molecule has 128 valence electrons. The molecule has 0 aromatic carbocycles. The molecule has 0 aliphatic rings. The van der Waals surface area contributed by atoms with Crippen molar-refractivity contribution < 1.29 is 9.53 Å². The highest BCUT2D eigenvalue weighted by Crippen LogP contribution is 2.37. The van der Waals surface area contributed by atoms with Crippen LogP contribution in [0.3, 0.4) is 0 Å². The SMILES string of the molecule is C/C=C/[C@H](O[Si](C)(C)C(C)(C)C)[C@H](O)C#CCCCCCC. The standard InChI is InChI=1S/C19H36O2Si/c1-8-10-11-12-13-14-16-17(20)18(15-9-2)21-22(6,7)19(3,4)5/h9,15,17-18,20H,8,10-13H2,1-7H3/b15-9+/t17-,18+/m1/s1. The van der Waals surface area contributed by atoms with Crippen LogP contribution in [0.4, 0.5) is 0 Å². The van der Waals surface area contributed by atoms with Crippen molar-refractivity contribution in [3.8, 4) is 11.8 Å². The molecular formula is C19H36O2Si. The van der Waals surface area contributed by atoms with Gasteiger partial charge < -0.3 is 9.53 Å². The van der Waals surface area contributed by atoms with Gasteiger partial charge in [-0.2, -0.15) is 0 Å². The Labute approximate surface area is 139 Å². The van der Waals surface area contributed by atoms with Gasteiger partial charge in [-0.3, -0.25) is 0 Å². The van der Waals surface area contributed by atoms with Crippen molar-refractivity contribution >= 4 is 8.32 Å². The second-order valence-corrected chi connectivity index (χ2v) is 12.2. The molecule has 1 N–H and O–H groups in total. The van der Waals surface area contributed by atoms with E-state index in [1.54, 1.807) is 0 Å². The molecule has 0 spiro atoms. The van der Waals surface area contributed by atoms with Crippen molar-refractivity contribution in [2.75, 3.05) is 0 Å². The van der Waals surface area contributed by atoms with Gasteiger partial charge in [-0.05, 0) is 31.5 Å². The lowest BCUT2D eigenvalue weighted by Gasteiger charge is -2.39. The summed E-state index contributed by atoms with van der Waals surface area (Å²) in [5.41, 5.74) is 0. The largest absolute Gasteiger partial charge is 0.407 e. The van der Waals surface area contributed by atoms with Gasteiger partial charge in [-0.15, -0.1) is 5.92 Å². The van der Waals surface area contributed by atoms with E-state index in [1.165, 1.54) is 19.3 Å². The third-order valence-corrected chi connectivity index (χ3v) is 8.81. The van der Waals surface area contributed by atoms with Gasteiger partial charge in [0.2, 0.25) is 0 Å². The van der Waals surface area contributed by atoms with Crippen LogP contribution < -0.4 is 0 Å². The van der Waals surface area contributed by atoms with Crippen LogP contribution in [-0.4, -0.2) is 25.6 Å². The zero-order chi connectivity index (χ0) is 17.2. The van der Waals surface area contributed by atoms with Crippen molar-refractivity contribution in [3.63, 3.8) is 0 Å². The molecule has 0 amide bonds. The van der Waals surface area contributed by atoms with Crippen molar-refractivity contribution in [3.05, 3.63) is 12.2 Å². The Morgan fingerprint density at radius 2 is 1.82 bits per heavy atom. The third kappa shape index (κ3) is 8.17. The lowest BCUT2D eigenvalue weighted by Crippen LogP contribution is -2.46. The minimum atomic E-state index is -1.91. The van der Waals surface area contributed by atoms with E-state index < -0.39 is 14.4 Å². The first-order valence-electron chi connectivity index (χ1n) is 8.62. The monoisotopic (exact) mass is 324 g/mol. The summed E-state index contributed by atoms with van der Waals surface area (Å²) in [4.78, 5) is 0. The zero-order valence-corrected chi connectivity index (χ0v) is 16.7. The number of allylic oxidation sites excluding steroid dienone is 1. The fourth-order valence-corrected chi connectivity index (χ4v) is 3.06. The van der Waals surface area contributed by atoms with E-state index in [0.29, 0.717) is 0 Å². The molecule has 0 radical (unpaired) electrons. The molecule has 0 saturated carbocycles. The highest BCUT2D eigenvalue weighted by molar-refractivity contribution is 6.74. The Bertz CT molecular complexity index is 382. The Hall–Kier alpha value is -0.563. The Kier molecular flexibility index (Phi) is 9.99. The van der Waals surface area contributed by atoms with E-state index in [9.17, 15) is 5.11 Å². The summed E-state index contributed by atoms with van der Waals surface area (Å²) in [7, 11) is -1.91. The second kappa shape index (κ2) is 10.3. The van der Waals surface area contributed by atoms with Gasteiger partial charge >= 0.3 is 0 Å². The van der Waals surface area contributed by atoms with Crippen molar-refractivity contribution in [2.45, 2.75) is 97.1 Å². The average Bonchev–Trinajstić information content (AvgIpc) is 2.40. The molecule has 0 heterocycles. The van der Waals surface area contributed by atoms with E-state index in [0.717, 1.165) is 12.8 Å². The molecule has 0 saturated heterocycles. The van der Waals surface area contributed by atoms with E-state index in [2.05, 4.69) is 52.6 Å². The van der Waals surface area contributed by atoms with Gasteiger partial charge in [0.05, 0.1) is 0 Å². The average molecular weight is 325 g/mol. The summed E-state index contributed by atoms with van der Waals surface area (Å²) >= 11 is 0. The highest BCUT2D eigenvalue weighted by atomic mass is 28.4. The number of aliphatic hydroxyl groups excluding tert-OH is 1. The molecule has 22 heavy (non-hydrogen) atoms. The summed E-state index contributed by atoms with van der Waals surface area (Å²) in [6.07, 6.45) is 8.50. The first kappa shape index (κ1) is 21.4. The van der Waals surface area contributed by atoms with E-state index >= 15 is 0 Å². The molecule has 2 nitrogen and oxygen atoms in total. The zero-order valence-electron chi connectivity index (χ0n) is 15.7. The van der Waals surface area contributed by atoms with Gasteiger partial charge in [-0.1, -0.05) is 65.0 Å². The van der Waals surface area contributed by atoms with E-state index in [1.807, 2.05) is 19.1 Å². The summed E-state index contributed by atoms with van der Waals surface area (Å²) < 4.78 is 6.30. The molecule has 0 fully saturated rings. The quantitative estimate of drug-likeness (QED) is 0.284. The molecule has 0 aliphatic heterocycles. The van der Waals surface area contributed by atoms with Gasteiger partial charge in [-0.25, -0.2) is 0 Å². The van der Waals surface area contributed by atoms with Gasteiger partial charge in [0.25, 0.3) is 0 Å². The number of aliphatic hydroxyl groups is 1. The molecule has 0 aliphatic carbocycles. The lowest BCUT2D eigenvalue weighted by atomic mass is 10.1. The fourth-order valence-electron chi connectivity index (χ4n) is 1.81. The first-order valence-corrected chi connectivity index (χ1v) is 11.5. The van der Waals surface area contributed by atoms with Gasteiger partial charge in [0, 0.05) is 6.42 Å². The molecule has 0 rings (SSSR count). The molecule has 0 aromatic rings. The van der Waals surface area contributed by atoms with E-state index in [4.69, 9.17) is 4.43 Å². The normalized spacial score (nSPS) is 15.5. The maximum Gasteiger partial charge on any atom is 0.193 e. The minimum Gasteiger partial charge on any atom is -0.407 e. The molecule has 3 heteroatoms. The molecule has 2 atom stereocenters. The minimum absolute atomic E-state index is 0.125. The van der Waals surface area contributed by atoms with E-state index in [-0.39, 0.29) is 11.1 Å². The van der Waals surface area contributed by atoms with Crippen molar-refractivity contribution in [2.24, 2.45) is 0 Å². The Balaban J connectivity index is 4.65.